The maximum atomic E-state index is 13.1. The third kappa shape index (κ3) is 3.54. The lowest BCUT2D eigenvalue weighted by Gasteiger charge is -2.36. The zero-order valence-corrected chi connectivity index (χ0v) is 24.1. The quantitative estimate of drug-likeness (QED) is 0.269. The molecule has 6 rings (SSSR count). The Bertz CT molecular complexity index is 1740. The molecule has 5 heteroatoms. The molecular weight excluding hydrogens is 501 g/mol. The smallest absolute Gasteiger partial charge is 0.238 e. The Morgan fingerprint density at radius 2 is 1.21 bits per heavy atom. The van der Waals surface area contributed by atoms with Gasteiger partial charge in [0.05, 0.1) is 0 Å². The molecule has 0 spiro atoms. The van der Waals surface area contributed by atoms with Gasteiger partial charge in [0.1, 0.15) is 0 Å². The fraction of sp³-hybridized carbons (Fsp3) is 0.235. The van der Waals surface area contributed by atoms with Crippen molar-refractivity contribution in [3.63, 3.8) is 0 Å². The summed E-state index contributed by atoms with van der Waals surface area (Å²) in [5.74, 6) is 0. The van der Waals surface area contributed by atoms with Crippen molar-refractivity contribution < 1.29 is 14.2 Å². The highest BCUT2D eigenvalue weighted by Gasteiger charge is 2.40. The van der Waals surface area contributed by atoms with Crippen molar-refractivity contribution in [2.24, 2.45) is 0 Å². The molecular formula is C34H32NO3P. The van der Waals surface area contributed by atoms with E-state index < -0.39 is 18.2 Å². The average Bonchev–Trinajstić information content (AvgIpc) is 3.13. The lowest BCUT2D eigenvalue weighted by molar-refractivity contribution is -0.112. The zero-order chi connectivity index (χ0) is 27.9. The normalized spacial score (nSPS) is 15.8. The van der Waals surface area contributed by atoms with Crippen LogP contribution in [0.3, 0.4) is 0 Å². The van der Waals surface area contributed by atoms with E-state index in [2.05, 4.69) is 87.6 Å². The van der Waals surface area contributed by atoms with Gasteiger partial charge in [-0.2, -0.15) is 0 Å². The van der Waals surface area contributed by atoms with Crippen LogP contribution in [0.15, 0.2) is 78.9 Å². The summed E-state index contributed by atoms with van der Waals surface area (Å²) in [6, 6.07) is 26.8. The second-order valence-electron chi connectivity index (χ2n) is 11.8. The maximum absolute atomic E-state index is 13.1. The molecule has 0 amide bonds. The molecule has 1 aliphatic carbocycles. The molecule has 0 unspecified atom stereocenters. The fourth-order valence-electron chi connectivity index (χ4n) is 6.46. The molecule has 4 nitrogen and oxygen atoms in total. The van der Waals surface area contributed by atoms with Crippen molar-refractivity contribution in [2.75, 3.05) is 5.32 Å². The van der Waals surface area contributed by atoms with Gasteiger partial charge in [0.15, 0.2) is 11.0 Å². The van der Waals surface area contributed by atoms with Crippen LogP contribution in [-0.4, -0.2) is 11.0 Å². The fourth-order valence-corrected chi connectivity index (χ4v) is 8.20. The standard InChI is InChI=1S/C34H32NO3P/c1-20(36)39(38,21(2)37)24-14-11-22(12-15-24)23-13-16-25-26-18-30-32(19-29(26)34(5,6)28(25)17-23)35-31-10-8-7-9-27(31)33(30,3)4/h7-19,35H,1-6H3. The van der Waals surface area contributed by atoms with E-state index in [-0.39, 0.29) is 10.8 Å². The average molecular weight is 534 g/mol. The predicted octanol–water partition coefficient (Wildman–Crippen LogP) is 8.12. The molecule has 4 aromatic carbocycles. The summed E-state index contributed by atoms with van der Waals surface area (Å²) in [7, 11) is -3.73. The first-order chi connectivity index (χ1) is 18.4. The van der Waals surface area contributed by atoms with Gasteiger partial charge in [-0.1, -0.05) is 82.3 Å². The second-order valence-corrected chi connectivity index (χ2v) is 14.8. The molecule has 196 valence electrons. The number of hydrogen-bond acceptors (Lipinski definition) is 4. The van der Waals surface area contributed by atoms with Crippen LogP contribution in [0.4, 0.5) is 11.4 Å². The van der Waals surface area contributed by atoms with Gasteiger partial charge < -0.3 is 9.88 Å². The second kappa shape index (κ2) is 8.37. The minimum absolute atomic E-state index is 0.125. The maximum Gasteiger partial charge on any atom is 0.238 e. The molecule has 2 aliphatic rings. The Morgan fingerprint density at radius 3 is 1.87 bits per heavy atom. The Hall–Kier alpha value is -3.75. The minimum atomic E-state index is -3.73. The molecule has 0 saturated heterocycles. The lowest BCUT2D eigenvalue weighted by atomic mass is 9.72. The Kier molecular flexibility index (Phi) is 5.48. The molecule has 0 radical (unpaired) electrons. The van der Waals surface area contributed by atoms with E-state index in [1.807, 2.05) is 12.1 Å². The number of carbonyl (C=O) groups is 2. The number of nitrogens with one attached hydrogen (secondary N) is 1. The summed E-state index contributed by atoms with van der Waals surface area (Å²) in [6.07, 6.45) is 0. The van der Waals surface area contributed by atoms with Crippen LogP contribution >= 0.6 is 7.14 Å². The van der Waals surface area contributed by atoms with Crippen LogP contribution in [0.2, 0.25) is 0 Å². The Labute approximate surface area is 229 Å². The first kappa shape index (κ1) is 25.5. The van der Waals surface area contributed by atoms with Crippen molar-refractivity contribution in [1.82, 2.24) is 0 Å². The zero-order valence-electron chi connectivity index (χ0n) is 23.2. The van der Waals surface area contributed by atoms with Gasteiger partial charge in [-0.15, -0.1) is 0 Å². The minimum Gasteiger partial charge on any atom is -0.355 e. The molecule has 0 saturated carbocycles. The summed E-state index contributed by atoms with van der Waals surface area (Å²) in [4.78, 5) is 24.2. The van der Waals surface area contributed by atoms with Crippen molar-refractivity contribution in [3.05, 3.63) is 101 Å². The first-order valence-electron chi connectivity index (χ1n) is 13.3. The first-order valence-corrected chi connectivity index (χ1v) is 15.0. The monoisotopic (exact) mass is 533 g/mol. The van der Waals surface area contributed by atoms with Gasteiger partial charge in [-0.25, -0.2) is 0 Å². The molecule has 0 bridgehead atoms. The Balaban J connectivity index is 1.43. The molecule has 1 aliphatic heterocycles. The molecule has 39 heavy (non-hydrogen) atoms. The summed E-state index contributed by atoms with van der Waals surface area (Å²) >= 11 is 0. The van der Waals surface area contributed by atoms with Crippen molar-refractivity contribution in [2.45, 2.75) is 52.4 Å². The summed E-state index contributed by atoms with van der Waals surface area (Å²) < 4.78 is 13.1. The number of anilines is 2. The van der Waals surface area contributed by atoms with Gasteiger partial charge in [-0.05, 0) is 68.8 Å². The van der Waals surface area contributed by atoms with E-state index in [0.29, 0.717) is 5.30 Å². The molecule has 0 aromatic heterocycles. The predicted molar refractivity (Wildman–Crippen MR) is 160 cm³/mol. The van der Waals surface area contributed by atoms with E-state index in [9.17, 15) is 14.2 Å². The molecule has 1 N–H and O–H groups in total. The highest BCUT2D eigenvalue weighted by atomic mass is 31.2. The largest absolute Gasteiger partial charge is 0.355 e. The van der Waals surface area contributed by atoms with Crippen LogP contribution in [-0.2, 0) is 25.0 Å². The van der Waals surface area contributed by atoms with Crippen molar-refractivity contribution in [3.8, 4) is 22.3 Å². The van der Waals surface area contributed by atoms with Crippen LogP contribution in [0.5, 0.6) is 0 Å². The van der Waals surface area contributed by atoms with Crippen LogP contribution < -0.4 is 10.6 Å². The Morgan fingerprint density at radius 1 is 0.615 bits per heavy atom. The van der Waals surface area contributed by atoms with Gasteiger partial charge in [0, 0.05) is 41.4 Å². The topological polar surface area (TPSA) is 63.2 Å². The number of benzene rings is 4. The van der Waals surface area contributed by atoms with Crippen LogP contribution in [0.1, 0.15) is 63.8 Å². The highest BCUT2D eigenvalue weighted by Crippen LogP contribution is 2.55. The van der Waals surface area contributed by atoms with E-state index in [1.165, 1.54) is 47.2 Å². The van der Waals surface area contributed by atoms with E-state index in [0.717, 1.165) is 22.5 Å². The van der Waals surface area contributed by atoms with Crippen LogP contribution in [0.25, 0.3) is 22.3 Å². The number of fused-ring (bicyclic) bond motifs is 5. The SMILES string of the molecule is CC(=O)P(=O)(C(C)=O)c1ccc(-c2ccc3c(c2)C(C)(C)c2cc4c(cc2-3)C(C)(C)c2ccccc2N4)cc1. The van der Waals surface area contributed by atoms with Gasteiger partial charge >= 0.3 is 0 Å². The molecule has 0 atom stereocenters. The number of hydrogen-bond donors (Lipinski definition) is 1. The van der Waals surface area contributed by atoms with Crippen molar-refractivity contribution in [1.29, 1.82) is 0 Å². The van der Waals surface area contributed by atoms with Gasteiger partial charge in [-0.3, -0.25) is 9.59 Å². The number of rotatable bonds is 4. The molecule has 1 heterocycles. The van der Waals surface area contributed by atoms with Crippen LogP contribution in [0, 0.1) is 0 Å². The summed E-state index contributed by atoms with van der Waals surface area (Å²) in [5.41, 5.74) is 10.5. The lowest BCUT2D eigenvalue weighted by Crippen LogP contribution is -2.26. The van der Waals surface area contributed by atoms with E-state index in [1.54, 1.807) is 12.1 Å². The third-order valence-corrected chi connectivity index (χ3v) is 11.6. The summed E-state index contributed by atoms with van der Waals surface area (Å²) in [6.45, 7) is 11.6. The number of para-hydroxylation sites is 1. The van der Waals surface area contributed by atoms with Crippen molar-refractivity contribution >= 4 is 34.9 Å². The molecule has 0 fully saturated rings. The van der Waals surface area contributed by atoms with Gasteiger partial charge in [0.2, 0.25) is 7.14 Å². The highest BCUT2D eigenvalue weighted by molar-refractivity contribution is 7.99. The van der Waals surface area contributed by atoms with E-state index >= 15 is 0 Å². The van der Waals surface area contributed by atoms with E-state index in [4.69, 9.17) is 0 Å². The molecule has 4 aromatic rings. The summed E-state index contributed by atoms with van der Waals surface area (Å²) in [5, 5.41) is 3.98. The number of carbonyl (C=O) groups excluding carboxylic acids is 2. The van der Waals surface area contributed by atoms with Gasteiger partial charge in [0.25, 0.3) is 0 Å². The third-order valence-electron chi connectivity index (χ3n) is 8.81.